The Balaban J connectivity index is 2.11. The largest absolute Gasteiger partial charge is 0.493 e. The van der Waals surface area contributed by atoms with E-state index in [1.54, 1.807) is 0 Å². The molecule has 3 atom stereocenters. The van der Waals surface area contributed by atoms with Crippen LogP contribution in [0.5, 0.6) is 5.75 Å². The predicted molar refractivity (Wildman–Crippen MR) is 70.7 cm³/mol. The van der Waals surface area contributed by atoms with Crippen LogP contribution in [0.1, 0.15) is 38.4 Å². The molecule has 2 rings (SSSR count). The minimum Gasteiger partial charge on any atom is -0.493 e. The van der Waals surface area contributed by atoms with Crippen LogP contribution in [0.2, 0.25) is 0 Å². The molecule has 1 aliphatic rings. The number of ether oxygens (including phenoxy) is 2. The zero-order valence-electron chi connectivity index (χ0n) is 11.1. The van der Waals surface area contributed by atoms with Gasteiger partial charge in [0.25, 0.3) is 0 Å². The van der Waals surface area contributed by atoms with Crippen molar-refractivity contribution in [3.8, 4) is 5.75 Å². The highest BCUT2D eigenvalue weighted by Gasteiger charge is 2.30. The van der Waals surface area contributed by atoms with Gasteiger partial charge in [-0.1, -0.05) is 25.1 Å². The molecule has 3 nitrogen and oxygen atoms in total. The maximum Gasteiger partial charge on any atom is 0.125 e. The van der Waals surface area contributed by atoms with Crippen molar-refractivity contribution < 1.29 is 14.6 Å². The summed E-state index contributed by atoms with van der Waals surface area (Å²) in [4.78, 5) is 0. The number of benzene rings is 1. The molecule has 100 valence electrons. The minimum atomic E-state index is -0.497. The molecule has 0 bridgehead atoms. The first-order chi connectivity index (χ1) is 8.72. The summed E-state index contributed by atoms with van der Waals surface area (Å²) in [5, 5.41) is 10.5. The average Bonchev–Trinajstić information content (AvgIpc) is 2.82. The summed E-state index contributed by atoms with van der Waals surface area (Å²) < 4.78 is 11.2. The Hall–Kier alpha value is -1.06. The first-order valence-corrected chi connectivity index (χ1v) is 6.73. The Morgan fingerprint density at radius 1 is 1.44 bits per heavy atom. The lowest BCUT2D eigenvalue weighted by Crippen LogP contribution is -2.14. The average molecular weight is 250 g/mol. The Kier molecular flexibility index (Phi) is 4.61. The highest BCUT2D eigenvalue weighted by Crippen LogP contribution is 2.35. The summed E-state index contributed by atoms with van der Waals surface area (Å²) in [6, 6.07) is 7.75. The Morgan fingerprint density at radius 3 is 2.89 bits per heavy atom. The Morgan fingerprint density at radius 2 is 2.22 bits per heavy atom. The zero-order valence-corrected chi connectivity index (χ0v) is 11.1. The molecule has 1 N–H and O–H groups in total. The van der Waals surface area contributed by atoms with E-state index in [0.717, 1.165) is 24.2 Å². The second kappa shape index (κ2) is 6.21. The lowest BCUT2D eigenvalue weighted by molar-refractivity contribution is 0.0785. The van der Waals surface area contributed by atoms with Gasteiger partial charge in [-0.3, -0.25) is 0 Å². The van der Waals surface area contributed by atoms with Crippen molar-refractivity contribution in [3.05, 3.63) is 29.8 Å². The van der Waals surface area contributed by atoms with Crippen molar-refractivity contribution >= 4 is 0 Å². The summed E-state index contributed by atoms with van der Waals surface area (Å²) in [7, 11) is 0. The van der Waals surface area contributed by atoms with E-state index in [2.05, 4.69) is 6.92 Å². The van der Waals surface area contributed by atoms with Gasteiger partial charge in [0.15, 0.2) is 0 Å². The van der Waals surface area contributed by atoms with Crippen LogP contribution in [0.3, 0.4) is 0 Å². The van der Waals surface area contributed by atoms with Gasteiger partial charge < -0.3 is 14.6 Å². The molecule has 0 aromatic heterocycles. The van der Waals surface area contributed by atoms with Gasteiger partial charge in [0.2, 0.25) is 0 Å². The lowest BCUT2D eigenvalue weighted by atomic mass is 9.93. The maximum absolute atomic E-state index is 10.5. The van der Waals surface area contributed by atoms with Crippen LogP contribution < -0.4 is 4.74 Å². The molecule has 3 heteroatoms. The molecule has 3 unspecified atom stereocenters. The summed E-state index contributed by atoms with van der Waals surface area (Å²) in [5.41, 5.74) is 0.883. The number of hydrogen-bond acceptors (Lipinski definition) is 3. The van der Waals surface area contributed by atoms with Gasteiger partial charge in [-0.15, -0.1) is 0 Å². The third-order valence-electron chi connectivity index (χ3n) is 3.38. The molecule has 1 heterocycles. The molecule has 1 saturated heterocycles. The molecule has 1 aromatic carbocycles. The summed E-state index contributed by atoms with van der Waals surface area (Å²) in [6.07, 6.45) is 1.62. The number of para-hydroxylation sites is 1. The van der Waals surface area contributed by atoms with Crippen molar-refractivity contribution in [2.45, 2.75) is 38.9 Å². The molecule has 1 aliphatic heterocycles. The highest BCUT2D eigenvalue weighted by atomic mass is 16.5. The number of aliphatic hydroxyl groups is 1. The van der Waals surface area contributed by atoms with Crippen molar-refractivity contribution in [1.82, 2.24) is 0 Å². The fourth-order valence-corrected chi connectivity index (χ4v) is 2.39. The fourth-order valence-electron chi connectivity index (χ4n) is 2.39. The Labute approximate surface area is 109 Å². The van der Waals surface area contributed by atoms with E-state index in [4.69, 9.17) is 9.47 Å². The smallest absolute Gasteiger partial charge is 0.125 e. The molecular weight excluding hydrogens is 228 g/mol. The second-order valence-electron chi connectivity index (χ2n) is 4.97. The molecule has 0 aliphatic carbocycles. The lowest BCUT2D eigenvalue weighted by Gasteiger charge is -2.20. The van der Waals surface area contributed by atoms with E-state index in [9.17, 15) is 5.11 Å². The van der Waals surface area contributed by atoms with E-state index in [1.807, 2.05) is 31.2 Å². The highest BCUT2D eigenvalue weighted by molar-refractivity contribution is 5.35. The number of rotatable bonds is 5. The molecule has 0 amide bonds. The van der Waals surface area contributed by atoms with Gasteiger partial charge >= 0.3 is 0 Å². The van der Waals surface area contributed by atoms with Gasteiger partial charge in [-0.2, -0.15) is 0 Å². The van der Waals surface area contributed by atoms with E-state index in [1.165, 1.54) is 0 Å². The van der Waals surface area contributed by atoms with Crippen LogP contribution in [-0.4, -0.2) is 24.4 Å². The second-order valence-corrected chi connectivity index (χ2v) is 4.97. The van der Waals surface area contributed by atoms with E-state index >= 15 is 0 Å². The number of aliphatic hydroxyl groups excluding tert-OH is 1. The first kappa shape index (κ1) is 13.4. The van der Waals surface area contributed by atoms with Crippen LogP contribution >= 0.6 is 0 Å². The van der Waals surface area contributed by atoms with Crippen LogP contribution in [0.15, 0.2) is 24.3 Å². The van der Waals surface area contributed by atoms with Crippen molar-refractivity contribution in [2.24, 2.45) is 5.92 Å². The summed E-state index contributed by atoms with van der Waals surface area (Å²) >= 11 is 0. The Bertz CT molecular complexity index is 378. The van der Waals surface area contributed by atoms with Crippen LogP contribution in [0.4, 0.5) is 0 Å². The molecule has 1 aromatic rings. The summed E-state index contributed by atoms with van der Waals surface area (Å²) in [6.45, 7) is 5.43. The monoisotopic (exact) mass is 250 g/mol. The van der Waals surface area contributed by atoms with Crippen LogP contribution in [0, 0.1) is 5.92 Å². The normalized spacial score (nSPS) is 25.1. The van der Waals surface area contributed by atoms with Crippen LogP contribution in [0.25, 0.3) is 0 Å². The van der Waals surface area contributed by atoms with Crippen LogP contribution in [-0.2, 0) is 4.74 Å². The third kappa shape index (κ3) is 3.03. The van der Waals surface area contributed by atoms with Crippen molar-refractivity contribution in [1.29, 1.82) is 0 Å². The molecule has 1 fully saturated rings. The van der Waals surface area contributed by atoms with E-state index < -0.39 is 6.10 Å². The SMILES string of the molecule is CCCOc1ccccc1C(O)C1COC(C)C1. The third-order valence-corrected chi connectivity index (χ3v) is 3.38. The maximum atomic E-state index is 10.5. The quantitative estimate of drug-likeness (QED) is 0.873. The fraction of sp³-hybridized carbons (Fsp3) is 0.600. The summed E-state index contributed by atoms with van der Waals surface area (Å²) in [5.74, 6) is 0.970. The van der Waals surface area contributed by atoms with Crippen molar-refractivity contribution in [3.63, 3.8) is 0 Å². The predicted octanol–water partition coefficient (Wildman–Crippen LogP) is 2.93. The van der Waals surface area contributed by atoms with Gasteiger partial charge in [0.05, 0.1) is 25.4 Å². The van der Waals surface area contributed by atoms with E-state index in [0.29, 0.717) is 13.2 Å². The van der Waals surface area contributed by atoms with Gasteiger partial charge in [-0.05, 0) is 25.8 Å². The van der Waals surface area contributed by atoms with Crippen molar-refractivity contribution in [2.75, 3.05) is 13.2 Å². The topological polar surface area (TPSA) is 38.7 Å². The molecule has 0 spiro atoms. The minimum absolute atomic E-state index is 0.173. The van der Waals surface area contributed by atoms with Gasteiger partial charge in [0, 0.05) is 11.5 Å². The number of hydrogen-bond donors (Lipinski definition) is 1. The molecule has 0 saturated carbocycles. The molecule has 18 heavy (non-hydrogen) atoms. The van der Waals surface area contributed by atoms with Gasteiger partial charge in [-0.25, -0.2) is 0 Å². The van der Waals surface area contributed by atoms with E-state index in [-0.39, 0.29) is 12.0 Å². The first-order valence-electron chi connectivity index (χ1n) is 6.73. The zero-order chi connectivity index (χ0) is 13.0. The van der Waals surface area contributed by atoms with Gasteiger partial charge in [0.1, 0.15) is 5.75 Å². The molecule has 0 radical (unpaired) electrons. The standard InChI is InChI=1S/C15H22O3/c1-3-8-17-14-7-5-4-6-13(14)15(16)12-9-11(2)18-10-12/h4-7,11-12,15-16H,3,8-10H2,1-2H3. The molecular formula is C15H22O3.